The van der Waals surface area contributed by atoms with Gasteiger partial charge in [0.15, 0.2) is 5.78 Å². The number of rotatable bonds is 3. The quantitative estimate of drug-likeness (QED) is 0.339. The second kappa shape index (κ2) is 6.58. The van der Waals surface area contributed by atoms with Gasteiger partial charge in [-0.1, -0.05) is 84.5 Å². The van der Waals surface area contributed by atoms with Crippen LogP contribution in [0, 0.1) is 0 Å². The van der Waals surface area contributed by atoms with Gasteiger partial charge in [0, 0.05) is 5.56 Å². The van der Waals surface area contributed by atoms with E-state index in [1.165, 1.54) is 6.07 Å². The van der Waals surface area contributed by atoms with Crippen molar-refractivity contribution >= 4 is 52.2 Å². The van der Waals surface area contributed by atoms with Gasteiger partial charge in [-0.05, 0) is 17.5 Å². The molecule has 21 heavy (non-hydrogen) atoms. The Bertz CT molecular complexity index is 690. The van der Waals surface area contributed by atoms with Crippen molar-refractivity contribution in [3.05, 3.63) is 67.1 Å². The van der Waals surface area contributed by atoms with Crippen LogP contribution in [0.5, 0.6) is 0 Å². The molecule has 2 rings (SSSR count). The number of hydrogen-bond donors (Lipinski definition) is 0. The second-order valence-corrected chi connectivity index (χ2v) is 6.52. The summed E-state index contributed by atoms with van der Waals surface area (Å²) in [7, 11) is 0. The molecule has 0 bridgehead atoms. The van der Waals surface area contributed by atoms with E-state index in [1.807, 2.05) is 12.1 Å². The van der Waals surface area contributed by atoms with Gasteiger partial charge in [0.1, 0.15) is 0 Å². The van der Waals surface area contributed by atoms with Crippen LogP contribution in [0.4, 0.5) is 0 Å². The van der Waals surface area contributed by atoms with E-state index in [0.29, 0.717) is 11.5 Å². The SMILES string of the molecule is CC(C)c1ccc(C(=O)c2c(Cl)cc(Cl)c(Cl)c2Cl)cc1. The summed E-state index contributed by atoms with van der Waals surface area (Å²) in [6.45, 7) is 4.17. The number of halogens is 4. The summed E-state index contributed by atoms with van der Waals surface area (Å²) in [5.41, 5.74) is 1.82. The average molecular weight is 362 g/mol. The van der Waals surface area contributed by atoms with E-state index < -0.39 is 0 Å². The molecule has 0 amide bonds. The molecular weight excluding hydrogens is 350 g/mol. The standard InChI is InChI=1S/C16H12Cl4O/c1-8(2)9-3-5-10(6-4-9)16(21)13-11(17)7-12(18)14(19)15(13)20/h3-8H,1-2H3. The van der Waals surface area contributed by atoms with E-state index in [9.17, 15) is 4.79 Å². The number of ketones is 1. The summed E-state index contributed by atoms with van der Waals surface area (Å²) < 4.78 is 0. The first kappa shape index (κ1) is 16.6. The van der Waals surface area contributed by atoms with E-state index in [0.717, 1.165) is 5.56 Å². The molecule has 2 aromatic carbocycles. The van der Waals surface area contributed by atoms with Crippen molar-refractivity contribution in [3.63, 3.8) is 0 Å². The van der Waals surface area contributed by atoms with Crippen LogP contribution in [0.3, 0.4) is 0 Å². The summed E-state index contributed by atoms with van der Waals surface area (Å²) in [6, 6.07) is 8.77. The first-order valence-corrected chi connectivity index (χ1v) is 7.81. The molecule has 0 saturated heterocycles. The molecule has 0 saturated carbocycles. The summed E-state index contributed by atoms with van der Waals surface area (Å²) in [5, 5.41) is 0.614. The van der Waals surface area contributed by atoms with E-state index in [1.54, 1.807) is 12.1 Å². The summed E-state index contributed by atoms with van der Waals surface area (Å²) >= 11 is 24.1. The summed E-state index contributed by atoms with van der Waals surface area (Å²) in [5.74, 6) is 0.116. The molecule has 0 aliphatic rings. The van der Waals surface area contributed by atoms with Crippen molar-refractivity contribution < 1.29 is 4.79 Å². The van der Waals surface area contributed by atoms with Gasteiger partial charge in [-0.15, -0.1) is 0 Å². The van der Waals surface area contributed by atoms with Crippen molar-refractivity contribution in [3.8, 4) is 0 Å². The monoisotopic (exact) mass is 360 g/mol. The van der Waals surface area contributed by atoms with Crippen LogP contribution in [0.2, 0.25) is 20.1 Å². The molecule has 0 heterocycles. The van der Waals surface area contributed by atoms with Gasteiger partial charge >= 0.3 is 0 Å². The molecule has 0 atom stereocenters. The van der Waals surface area contributed by atoms with Gasteiger partial charge < -0.3 is 0 Å². The largest absolute Gasteiger partial charge is 0.288 e. The average Bonchev–Trinajstić information content (AvgIpc) is 2.45. The zero-order valence-corrected chi connectivity index (χ0v) is 14.4. The molecule has 2 aromatic rings. The van der Waals surface area contributed by atoms with Crippen LogP contribution < -0.4 is 0 Å². The van der Waals surface area contributed by atoms with Crippen molar-refractivity contribution in [2.24, 2.45) is 0 Å². The minimum absolute atomic E-state index is 0.0760. The highest BCUT2D eigenvalue weighted by molar-refractivity contribution is 6.51. The van der Waals surface area contributed by atoms with Crippen molar-refractivity contribution in [2.75, 3.05) is 0 Å². The molecule has 0 fully saturated rings. The number of benzene rings is 2. The van der Waals surface area contributed by atoms with Crippen LogP contribution in [-0.4, -0.2) is 5.78 Å². The fourth-order valence-corrected chi connectivity index (χ4v) is 3.02. The number of carbonyl (C=O) groups is 1. The smallest absolute Gasteiger partial charge is 0.196 e. The molecule has 1 nitrogen and oxygen atoms in total. The zero-order chi connectivity index (χ0) is 15.7. The number of carbonyl (C=O) groups excluding carboxylic acids is 1. The highest BCUT2D eigenvalue weighted by atomic mass is 35.5. The maximum atomic E-state index is 12.6. The Kier molecular flexibility index (Phi) is 5.21. The lowest BCUT2D eigenvalue weighted by atomic mass is 9.98. The lowest BCUT2D eigenvalue weighted by Gasteiger charge is -2.10. The van der Waals surface area contributed by atoms with E-state index in [-0.39, 0.29) is 31.4 Å². The predicted molar refractivity (Wildman–Crippen MR) is 90.4 cm³/mol. The predicted octanol–water partition coefficient (Wildman–Crippen LogP) is 6.65. The molecule has 110 valence electrons. The van der Waals surface area contributed by atoms with Gasteiger partial charge in [0.2, 0.25) is 0 Å². The van der Waals surface area contributed by atoms with Gasteiger partial charge in [0.05, 0.1) is 25.7 Å². The fourth-order valence-electron chi connectivity index (χ4n) is 1.94. The third-order valence-corrected chi connectivity index (χ3v) is 4.74. The molecule has 5 heteroatoms. The third kappa shape index (κ3) is 3.37. The van der Waals surface area contributed by atoms with Gasteiger partial charge in [0.25, 0.3) is 0 Å². The van der Waals surface area contributed by atoms with Crippen LogP contribution in [0.25, 0.3) is 0 Å². The lowest BCUT2D eigenvalue weighted by Crippen LogP contribution is -2.04. The van der Waals surface area contributed by atoms with E-state index in [2.05, 4.69) is 13.8 Å². The fraction of sp³-hybridized carbons (Fsp3) is 0.188. The van der Waals surface area contributed by atoms with Crippen LogP contribution in [0.15, 0.2) is 30.3 Å². The van der Waals surface area contributed by atoms with E-state index in [4.69, 9.17) is 46.4 Å². The van der Waals surface area contributed by atoms with Crippen molar-refractivity contribution in [2.45, 2.75) is 19.8 Å². The Labute approximate surface area is 143 Å². The highest BCUT2D eigenvalue weighted by Gasteiger charge is 2.21. The Morgan fingerprint density at radius 1 is 0.905 bits per heavy atom. The minimum atomic E-state index is -0.279. The molecular formula is C16H12Cl4O. The van der Waals surface area contributed by atoms with Crippen LogP contribution in [-0.2, 0) is 0 Å². The molecule has 0 N–H and O–H groups in total. The Morgan fingerprint density at radius 2 is 1.48 bits per heavy atom. The lowest BCUT2D eigenvalue weighted by molar-refractivity contribution is 0.103. The van der Waals surface area contributed by atoms with Gasteiger partial charge in [-0.2, -0.15) is 0 Å². The molecule has 0 radical (unpaired) electrons. The molecule has 0 aliphatic carbocycles. The van der Waals surface area contributed by atoms with Gasteiger partial charge in [-0.25, -0.2) is 0 Å². The van der Waals surface area contributed by atoms with Gasteiger partial charge in [-0.3, -0.25) is 4.79 Å². The zero-order valence-electron chi connectivity index (χ0n) is 11.4. The van der Waals surface area contributed by atoms with Crippen molar-refractivity contribution in [1.82, 2.24) is 0 Å². The van der Waals surface area contributed by atoms with E-state index >= 15 is 0 Å². The normalized spacial score (nSPS) is 11.0. The Morgan fingerprint density at radius 3 is 2.00 bits per heavy atom. The highest BCUT2D eigenvalue weighted by Crippen LogP contribution is 2.38. The summed E-state index contributed by atoms with van der Waals surface area (Å²) in [4.78, 5) is 12.6. The Balaban J connectivity index is 2.48. The summed E-state index contributed by atoms with van der Waals surface area (Å²) in [6.07, 6.45) is 0. The molecule has 0 aliphatic heterocycles. The maximum Gasteiger partial charge on any atom is 0.196 e. The van der Waals surface area contributed by atoms with Crippen LogP contribution >= 0.6 is 46.4 Å². The van der Waals surface area contributed by atoms with Crippen molar-refractivity contribution in [1.29, 1.82) is 0 Å². The first-order valence-electron chi connectivity index (χ1n) is 6.30. The minimum Gasteiger partial charge on any atom is -0.288 e. The maximum absolute atomic E-state index is 12.6. The van der Waals surface area contributed by atoms with Crippen LogP contribution in [0.1, 0.15) is 41.3 Å². The molecule has 0 unspecified atom stereocenters. The molecule has 0 spiro atoms. The first-order chi connectivity index (χ1) is 9.82. The Hall–Kier alpha value is -0.730. The third-order valence-electron chi connectivity index (χ3n) is 3.18. The topological polar surface area (TPSA) is 17.1 Å². The molecule has 0 aromatic heterocycles. The number of hydrogen-bond acceptors (Lipinski definition) is 1. The second-order valence-electron chi connectivity index (χ2n) is 4.95.